The van der Waals surface area contributed by atoms with Gasteiger partial charge in [-0.15, -0.1) is 17.8 Å². The van der Waals surface area contributed by atoms with E-state index in [1.54, 1.807) is 17.5 Å². The summed E-state index contributed by atoms with van der Waals surface area (Å²) in [6.07, 6.45) is 9.92. The predicted octanol–water partition coefficient (Wildman–Crippen LogP) is 3.34. The second-order valence-corrected chi connectivity index (χ2v) is 9.50. The van der Waals surface area contributed by atoms with Crippen LogP contribution in [0.25, 0.3) is 10.2 Å². The van der Waals surface area contributed by atoms with E-state index >= 15 is 0 Å². The summed E-state index contributed by atoms with van der Waals surface area (Å²) in [5.74, 6) is 3.90. The second kappa shape index (κ2) is 8.89. The van der Waals surface area contributed by atoms with Gasteiger partial charge in [-0.05, 0) is 43.0 Å². The fraction of sp³-hybridized carbons (Fsp3) is 0.400. The van der Waals surface area contributed by atoms with Crippen LogP contribution in [0.15, 0.2) is 36.0 Å². The monoisotopic (exact) mass is 445 g/mol. The average Bonchev–Trinajstić information content (AvgIpc) is 3.39. The largest absolute Gasteiger partial charge is 0.352 e. The third kappa shape index (κ3) is 3.96. The molecular formula is C25H27N5OS. The van der Waals surface area contributed by atoms with Crippen molar-refractivity contribution < 1.29 is 4.79 Å². The summed E-state index contributed by atoms with van der Waals surface area (Å²) in [5, 5.41) is 3.45. The van der Waals surface area contributed by atoms with Gasteiger partial charge >= 0.3 is 0 Å². The lowest BCUT2D eigenvalue weighted by Crippen LogP contribution is -2.56. The molecule has 0 saturated carbocycles. The second-order valence-electron chi connectivity index (χ2n) is 8.64. The zero-order valence-electron chi connectivity index (χ0n) is 18.3. The molecule has 2 bridgehead atoms. The summed E-state index contributed by atoms with van der Waals surface area (Å²) >= 11 is 1.67. The third-order valence-corrected chi connectivity index (χ3v) is 7.47. The lowest BCUT2D eigenvalue weighted by Gasteiger charge is -2.42. The lowest BCUT2D eigenvalue weighted by molar-refractivity contribution is -0.134. The van der Waals surface area contributed by atoms with Gasteiger partial charge in [-0.1, -0.05) is 18.1 Å². The Balaban J connectivity index is 1.16. The molecule has 2 aromatic heterocycles. The molecule has 7 heteroatoms. The molecule has 2 saturated heterocycles. The number of aromatic nitrogens is 2. The first kappa shape index (κ1) is 20.9. The van der Waals surface area contributed by atoms with Crippen LogP contribution in [0.1, 0.15) is 36.0 Å². The van der Waals surface area contributed by atoms with Gasteiger partial charge in [-0.3, -0.25) is 4.79 Å². The van der Waals surface area contributed by atoms with E-state index < -0.39 is 0 Å². The van der Waals surface area contributed by atoms with Crippen molar-refractivity contribution in [2.45, 2.75) is 44.8 Å². The van der Waals surface area contributed by atoms with Crippen LogP contribution < -0.4 is 10.2 Å². The average molecular weight is 446 g/mol. The number of piperazine rings is 1. The Morgan fingerprint density at radius 1 is 1.28 bits per heavy atom. The minimum atomic E-state index is 0.257. The van der Waals surface area contributed by atoms with E-state index in [0.29, 0.717) is 13.0 Å². The zero-order valence-corrected chi connectivity index (χ0v) is 19.1. The molecule has 1 N–H and O–H groups in total. The minimum Gasteiger partial charge on any atom is -0.352 e. The van der Waals surface area contributed by atoms with E-state index in [-0.39, 0.29) is 18.0 Å². The fourth-order valence-electron chi connectivity index (χ4n) is 5.09. The van der Waals surface area contributed by atoms with Crippen molar-refractivity contribution in [3.05, 3.63) is 52.7 Å². The number of amides is 1. The van der Waals surface area contributed by atoms with Gasteiger partial charge in [-0.25, -0.2) is 9.97 Å². The molecule has 4 heterocycles. The number of thiazole rings is 1. The minimum absolute atomic E-state index is 0.257. The van der Waals surface area contributed by atoms with Crippen molar-refractivity contribution >= 4 is 33.3 Å². The molecule has 0 radical (unpaired) electrons. The van der Waals surface area contributed by atoms with E-state index in [2.05, 4.69) is 44.0 Å². The normalized spacial score (nSPS) is 20.0. The van der Waals surface area contributed by atoms with Crippen LogP contribution in [0, 0.1) is 19.3 Å². The summed E-state index contributed by atoms with van der Waals surface area (Å²) in [7, 11) is 0. The van der Waals surface area contributed by atoms with Gasteiger partial charge in [-0.2, -0.15) is 0 Å². The molecule has 5 rings (SSSR count). The molecule has 2 atom stereocenters. The van der Waals surface area contributed by atoms with Crippen LogP contribution >= 0.6 is 11.3 Å². The molecule has 2 aliphatic rings. The standard InChI is InChI=1S/C25H27N5OS/c1-3-18-11-17(2)25(27-12-18)29-14-20-7-8-21(15-29)30(20)23(31)9-10-26-13-19-5-4-6-22-24(19)32-16-28-22/h1,4-6,11-12,16,20-21,26H,7-10,13-15H2,2H3. The summed E-state index contributed by atoms with van der Waals surface area (Å²) < 4.78 is 1.22. The number of rotatable bonds is 6. The number of nitrogens with one attached hydrogen (secondary N) is 1. The van der Waals surface area contributed by atoms with Crippen LogP contribution in [-0.2, 0) is 11.3 Å². The van der Waals surface area contributed by atoms with Gasteiger partial charge in [0.2, 0.25) is 5.91 Å². The zero-order chi connectivity index (χ0) is 22.1. The molecule has 0 spiro atoms. The first-order valence-corrected chi connectivity index (χ1v) is 12.0. The van der Waals surface area contributed by atoms with Crippen molar-refractivity contribution in [1.29, 1.82) is 0 Å². The van der Waals surface area contributed by atoms with E-state index in [4.69, 9.17) is 6.42 Å². The smallest absolute Gasteiger partial charge is 0.224 e. The number of benzene rings is 1. The van der Waals surface area contributed by atoms with Gasteiger partial charge in [0.15, 0.2) is 0 Å². The molecule has 2 fully saturated rings. The number of fused-ring (bicyclic) bond motifs is 3. The van der Waals surface area contributed by atoms with Gasteiger partial charge in [0.05, 0.1) is 15.7 Å². The Kier molecular flexibility index (Phi) is 5.81. The maximum Gasteiger partial charge on any atom is 0.224 e. The Hall–Kier alpha value is -2.95. The molecule has 3 aromatic rings. The Labute approximate surface area is 192 Å². The van der Waals surface area contributed by atoms with Crippen molar-refractivity contribution in [2.75, 3.05) is 24.5 Å². The highest BCUT2D eigenvalue weighted by Gasteiger charge is 2.42. The highest BCUT2D eigenvalue weighted by atomic mass is 32.1. The number of hydrogen-bond donors (Lipinski definition) is 1. The van der Waals surface area contributed by atoms with E-state index in [1.807, 2.05) is 23.7 Å². The van der Waals surface area contributed by atoms with Gasteiger partial charge in [0.25, 0.3) is 0 Å². The van der Waals surface area contributed by atoms with Crippen LogP contribution in [0.3, 0.4) is 0 Å². The first-order valence-electron chi connectivity index (χ1n) is 11.1. The molecule has 1 aromatic carbocycles. The molecule has 164 valence electrons. The van der Waals surface area contributed by atoms with Crippen LogP contribution in [0.5, 0.6) is 0 Å². The van der Waals surface area contributed by atoms with Crippen LogP contribution in [0.2, 0.25) is 0 Å². The molecule has 0 aliphatic carbocycles. The molecule has 2 unspecified atom stereocenters. The fourth-order valence-corrected chi connectivity index (χ4v) is 5.90. The highest BCUT2D eigenvalue weighted by molar-refractivity contribution is 7.16. The van der Waals surface area contributed by atoms with Crippen molar-refractivity contribution in [2.24, 2.45) is 0 Å². The summed E-state index contributed by atoms with van der Waals surface area (Å²) in [5.41, 5.74) is 6.07. The van der Waals surface area contributed by atoms with Crippen LogP contribution in [0.4, 0.5) is 5.82 Å². The Morgan fingerprint density at radius 3 is 2.84 bits per heavy atom. The number of nitrogens with zero attached hydrogens (tertiary/aromatic N) is 4. The number of pyridine rings is 1. The van der Waals surface area contributed by atoms with Gasteiger partial charge < -0.3 is 15.1 Å². The highest BCUT2D eigenvalue weighted by Crippen LogP contribution is 2.33. The predicted molar refractivity (Wildman–Crippen MR) is 129 cm³/mol. The molecule has 32 heavy (non-hydrogen) atoms. The summed E-state index contributed by atoms with van der Waals surface area (Å²) in [6, 6.07) is 8.75. The number of hydrogen-bond acceptors (Lipinski definition) is 6. The molecule has 2 aliphatic heterocycles. The van der Waals surface area contributed by atoms with E-state index in [9.17, 15) is 4.79 Å². The summed E-state index contributed by atoms with van der Waals surface area (Å²) in [4.78, 5) is 26.5. The van der Waals surface area contributed by atoms with Crippen LogP contribution in [-0.4, -0.2) is 52.5 Å². The lowest BCUT2D eigenvalue weighted by atomic mass is 10.1. The van der Waals surface area contributed by atoms with Crippen molar-refractivity contribution in [3.8, 4) is 12.3 Å². The van der Waals surface area contributed by atoms with E-state index in [1.165, 1.54) is 10.3 Å². The SMILES string of the molecule is C#Cc1cnc(N2CC3CCC(C2)N3C(=O)CCNCc2cccc3ncsc23)c(C)c1. The van der Waals surface area contributed by atoms with Crippen molar-refractivity contribution in [1.82, 2.24) is 20.2 Å². The van der Waals surface area contributed by atoms with Gasteiger partial charge in [0.1, 0.15) is 5.82 Å². The van der Waals surface area contributed by atoms with Gasteiger partial charge in [0, 0.05) is 56.4 Å². The quantitative estimate of drug-likeness (QED) is 0.466. The molecule has 6 nitrogen and oxygen atoms in total. The molecule has 1 amide bonds. The Bertz CT molecular complexity index is 1170. The summed E-state index contributed by atoms with van der Waals surface area (Å²) in [6.45, 7) is 5.17. The first-order chi connectivity index (χ1) is 15.6. The number of aryl methyl sites for hydroxylation is 1. The van der Waals surface area contributed by atoms with E-state index in [0.717, 1.165) is 54.9 Å². The van der Waals surface area contributed by atoms with Crippen molar-refractivity contribution in [3.63, 3.8) is 0 Å². The number of carbonyl (C=O) groups excluding carboxylic acids is 1. The third-order valence-electron chi connectivity index (χ3n) is 6.56. The number of terminal acetylenes is 1. The number of carbonyl (C=O) groups is 1. The maximum absolute atomic E-state index is 13.1. The Morgan fingerprint density at radius 2 is 2.09 bits per heavy atom. The molecular weight excluding hydrogens is 418 g/mol. The number of anilines is 1. The maximum atomic E-state index is 13.1. The topological polar surface area (TPSA) is 61.4 Å².